The van der Waals surface area contributed by atoms with E-state index in [4.69, 9.17) is 9.15 Å². The number of ketones is 1. The van der Waals surface area contributed by atoms with Gasteiger partial charge in [-0.2, -0.15) is 0 Å². The summed E-state index contributed by atoms with van der Waals surface area (Å²) in [6.45, 7) is 2.03. The zero-order valence-corrected chi connectivity index (χ0v) is 22.3. The van der Waals surface area contributed by atoms with Gasteiger partial charge in [0.05, 0.1) is 6.61 Å². The predicted octanol–water partition coefficient (Wildman–Crippen LogP) is 6.03. The van der Waals surface area contributed by atoms with Crippen LogP contribution in [0, 0.1) is 12.8 Å². The Morgan fingerprint density at radius 3 is 2.59 bits per heavy atom. The molecule has 7 nitrogen and oxygen atoms in total. The van der Waals surface area contributed by atoms with Crippen LogP contribution in [-0.4, -0.2) is 47.6 Å². The molecule has 4 rings (SSSR count). The number of rotatable bonds is 12. The van der Waals surface area contributed by atoms with Gasteiger partial charge in [-0.1, -0.05) is 75.3 Å². The molecule has 2 aromatic rings. The molecule has 0 radical (unpaired) electrons. The van der Waals surface area contributed by atoms with Crippen LogP contribution in [0.2, 0.25) is 0 Å². The monoisotopic (exact) mass is 505 g/mol. The average molecular weight is 506 g/mol. The second kappa shape index (κ2) is 12.5. The average Bonchev–Trinajstić information content (AvgIpc) is 3.55. The molecule has 2 unspecified atom stereocenters. The van der Waals surface area contributed by atoms with Gasteiger partial charge in [-0.05, 0) is 37.0 Å². The largest absolute Gasteiger partial charge is 0.445 e. The molecule has 2 atom stereocenters. The van der Waals surface area contributed by atoms with Crippen molar-refractivity contribution in [1.29, 1.82) is 0 Å². The number of nitrogens with zero attached hydrogens (tertiary/aromatic N) is 3. The number of aryl methyl sites for hydroxylation is 1. The maximum atomic E-state index is 13.7. The van der Waals surface area contributed by atoms with Gasteiger partial charge in [0.15, 0.2) is 17.4 Å². The molecule has 0 bridgehead atoms. The molecule has 1 aliphatic heterocycles. The first-order valence-corrected chi connectivity index (χ1v) is 13.5. The molecule has 1 fully saturated rings. The van der Waals surface area contributed by atoms with E-state index < -0.39 is 5.72 Å². The van der Waals surface area contributed by atoms with Crippen molar-refractivity contribution in [2.75, 3.05) is 14.1 Å². The van der Waals surface area contributed by atoms with Gasteiger partial charge in [0.25, 0.3) is 5.91 Å². The quantitative estimate of drug-likeness (QED) is 0.351. The Balaban J connectivity index is 1.51. The second-order valence-corrected chi connectivity index (χ2v) is 10.5. The summed E-state index contributed by atoms with van der Waals surface area (Å²) in [5.41, 5.74) is -0.0654. The van der Waals surface area contributed by atoms with Gasteiger partial charge in [-0.3, -0.25) is 9.59 Å². The summed E-state index contributed by atoms with van der Waals surface area (Å²) in [6, 6.07) is 9.77. The Morgan fingerprint density at radius 2 is 1.92 bits per heavy atom. The van der Waals surface area contributed by atoms with Crippen LogP contribution in [-0.2, 0) is 16.1 Å². The number of allylic oxidation sites excluding steroid dienone is 1. The number of Topliss-reactive ketones (excluding diaryl/α,β-unsaturated/α-hetero) is 1. The van der Waals surface area contributed by atoms with Crippen LogP contribution in [0.5, 0.6) is 0 Å². The molecular weight excluding hydrogens is 466 g/mol. The lowest BCUT2D eigenvalue weighted by molar-refractivity contribution is -0.139. The van der Waals surface area contributed by atoms with Crippen LogP contribution in [0.15, 0.2) is 51.9 Å². The molecule has 1 amide bonds. The van der Waals surface area contributed by atoms with Crippen LogP contribution < -0.4 is 0 Å². The maximum Gasteiger partial charge on any atom is 0.275 e. The van der Waals surface area contributed by atoms with Crippen molar-refractivity contribution in [2.45, 2.75) is 83.0 Å². The molecule has 7 heteroatoms. The van der Waals surface area contributed by atoms with Crippen LogP contribution in [0.3, 0.4) is 0 Å². The smallest absolute Gasteiger partial charge is 0.275 e. The molecule has 0 N–H and O–H groups in total. The summed E-state index contributed by atoms with van der Waals surface area (Å²) in [5, 5.41) is 0. The lowest BCUT2D eigenvalue weighted by atomic mass is 9.84. The zero-order valence-electron chi connectivity index (χ0n) is 22.3. The molecule has 0 spiro atoms. The van der Waals surface area contributed by atoms with E-state index in [1.54, 1.807) is 39.4 Å². The number of carbonyl (C=O) groups excluding carboxylic acids is 2. The van der Waals surface area contributed by atoms with E-state index in [1.807, 2.05) is 30.3 Å². The Labute approximate surface area is 220 Å². The van der Waals surface area contributed by atoms with Crippen molar-refractivity contribution in [3.63, 3.8) is 0 Å². The Kier molecular flexibility index (Phi) is 9.09. The molecule has 1 aliphatic carbocycles. The highest BCUT2D eigenvalue weighted by Gasteiger charge is 2.40. The number of benzene rings is 1. The summed E-state index contributed by atoms with van der Waals surface area (Å²) in [6.07, 6.45) is 14.7. The van der Waals surface area contributed by atoms with Crippen LogP contribution in [0.25, 0.3) is 0 Å². The van der Waals surface area contributed by atoms with E-state index in [0.717, 1.165) is 30.7 Å². The molecule has 1 saturated carbocycles. The third kappa shape index (κ3) is 6.83. The summed E-state index contributed by atoms with van der Waals surface area (Å²) in [7, 11) is 3.39. The number of hydrogen-bond donors (Lipinski definition) is 0. The minimum Gasteiger partial charge on any atom is -0.445 e. The molecule has 0 saturated heterocycles. The highest BCUT2D eigenvalue weighted by Crippen LogP contribution is 2.34. The lowest BCUT2D eigenvalue weighted by Gasteiger charge is -2.26. The predicted molar refractivity (Wildman–Crippen MR) is 144 cm³/mol. The van der Waals surface area contributed by atoms with Crippen LogP contribution in [0.1, 0.15) is 91.4 Å². The maximum absolute atomic E-state index is 13.7. The van der Waals surface area contributed by atoms with Gasteiger partial charge in [0, 0.05) is 32.6 Å². The van der Waals surface area contributed by atoms with Crippen molar-refractivity contribution in [1.82, 2.24) is 9.88 Å². The van der Waals surface area contributed by atoms with Gasteiger partial charge >= 0.3 is 0 Å². The summed E-state index contributed by atoms with van der Waals surface area (Å²) in [5.74, 6) is 1.10. The Bertz CT molecular complexity index is 1100. The first-order valence-electron chi connectivity index (χ1n) is 13.5. The minimum atomic E-state index is -1.35. The van der Waals surface area contributed by atoms with Gasteiger partial charge in [-0.25, -0.2) is 9.98 Å². The number of ether oxygens (including phenoxy) is 1. The third-order valence-electron chi connectivity index (χ3n) is 7.47. The molecule has 2 heterocycles. The standard InChI is InChI=1S/C30H39N3O4/c1-22-27(29(35)33(2)3)32-28(37-22)25(17-10-16-23-12-6-4-7-13-23)20-26(34)30(18-11-19-31-30)36-21-24-14-8-5-9-15-24/h5,8-9,11,14-15,18-19,23,25H,4,6-7,10,12-13,16-17,20-21H2,1-3H3. The van der Waals surface area contributed by atoms with E-state index in [-0.39, 0.29) is 30.6 Å². The van der Waals surface area contributed by atoms with E-state index in [2.05, 4.69) is 9.98 Å². The van der Waals surface area contributed by atoms with Crippen molar-refractivity contribution in [2.24, 2.45) is 10.9 Å². The van der Waals surface area contributed by atoms with Gasteiger partial charge in [-0.15, -0.1) is 0 Å². The minimum absolute atomic E-state index is 0.132. The van der Waals surface area contributed by atoms with E-state index >= 15 is 0 Å². The van der Waals surface area contributed by atoms with Crippen LogP contribution >= 0.6 is 0 Å². The highest BCUT2D eigenvalue weighted by atomic mass is 16.5. The number of amides is 1. The first-order chi connectivity index (χ1) is 17.9. The fraction of sp³-hybridized carbons (Fsp3) is 0.533. The Hall–Kier alpha value is -3.06. The number of carbonyl (C=O) groups is 2. The van der Waals surface area contributed by atoms with Crippen molar-refractivity contribution < 1.29 is 18.7 Å². The topological polar surface area (TPSA) is 85.0 Å². The van der Waals surface area contributed by atoms with E-state index in [9.17, 15) is 9.59 Å². The van der Waals surface area contributed by atoms with Gasteiger partial charge in [0.2, 0.25) is 5.72 Å². The van der Waals surface area contributed by atoms with Crippen molar-refractivity contribution in [3.8, 4) is 0 Å². The number of oxazole rings is 1. The van der Waals surface area contributed by atoms with E-state index in [0.29, 0.717) is 17.3 Å². The van der Waals surface area contributed by atoms with Gasteiger partial charge in [0.1, 0.15) is 5.76 Å². The molecule has 37 heavy (non-hydrogen) atoms. The van der Waals surface area contributed by atoms with E-state index in [1.165, 1.54) is 37.0 Å². The van der Waals surface area contributed by atoms with Crippen LogP contribution in [0.4, 0.5) is 0 Å². The number of aliphatic imine (C=N–C) groups is 1. The summed E-state index contributed by atoms with van der Waals surface area (Å²) < 4.78 is 12.1. The summed E-state index contributed by atoms with van der Waals surface area (Å²) in [4.78, 5) is 36.9. The zero-order chi connectivity index (χ0) is 26.3. The van der Waals surface area contributed by atoms with Crippen molar-refractivity contribution >= 4 is 17.9 Å². The molecule has 1 aromatic heterocycles. The molecule has 2 aliphatic rings. The number of aromatic nitrogens is 1. The summed E-state index contributed by atoms with van der Waals surface area (Å²) >= 11 is 0. The van der Waals surface area contributed by atoms with Crippen molar-refractivity contribution in [3.05, 3.63) is 65.4 Å². The Morgan fingerprint density at radius 1 is 1.16 bits per heavy atom. The molecular formula is C30H39N3O4. The SMILES string of the molecule is Cc1oc(C(CCCC2CCCCC2)CC(=O)C2(OCc3ccccc3)C=CC=N2)nc1C(=O)N(C)C. The second-order valence-electron chi connectivity index (χ2n) is 10.5. The molecule has 1 aromatic carbocycles. The fourth-order valence-electron chi connectivity index (χ4n) is 5.28. The normalized spacial score (nSPS) is 20.3. The fourth-order valence-corrected chi connectivity index (χ4v) is 5.28. The highest BCUT2D eigenvalue weighted by molar-refractivity contribution is 5.95. The third-order valence-corrected chi connectivity index (χ3v) is 7.47. The van der Waals surface area contributed by atoms with Gasteiger partial charge < -0.3 is 14.1 Å². The lowest BCUT2D eigenvalue weighted by Crippen LogP contribution is -2.37. The number of hydrogen-bond acceptors (Lipinski definition) is 6. The molecule has 198 valence electrons. The first kappa shape index (κ1) is 27.0.